The number of morpholine rings is 1. The van der Waals surface area contributed by atoms with Crippen molar-refractivity contribution in [2.45, 2.75) is 31.0 Å². The smallest absolute Gasteiger partial charge is 0.233 e. The number of amides is 1. The number of carbonyl (C=O) groups excluding carboxylic acids is 1. The average molecular weight is 374 g/mol. The van der Waals surface area contributed by atoms with Crippen molar-refractivity contribution in [1.82, 2.24) is 4.90 Å². The van der Waals surface area contributed by atoms with Crippen molar-refractivity contribution in [3.05, 3.63) is 28.2 Å². The van der Waals surface area contributed by atoms with Crippen molar-refractivity contribution in [3.63, 3.8) is 0 Å². The Morgan fingerprint density at radius 1 is 1.52 bits per heavy atom. The normalized spacial score (nSPS) is 22.4. The van der Waals surface area contributed by atoms with Gasteiger partial charge in [-0.2, -0.15) is 0 Å². The third-order valence-corrected chi connectivity index (χ3v) is 5.02. The highest BCUT2D eigenvalue weighted by molar-refractivity contribution is 9.10. The molecule has 1 N–H and O–H groups in total. The van der Waals surface area contributed by atoms with Crippen molar-refractivity contribution >= 4 is 33.6 Å². The minimum absolute atomic E-state index is 0.0285. The zero-order chi connectivity index (χ0) is 15.4. The van der Waals surface area contributed by atoms with E-state index in [0.717, 1.165) is 14.9 Å². The lowest BCUT2D eigenvalue weighted by Crippen LogP contribution is -2.50. The first-order valence-corrected chi connectivity index (χ1v) is 8.70. The van der Waals surface area contributed by atoms with Crippen LogP contribution in [-0.4, -0.2) is 53.6 Å². The molecule has 1 fully saturated rings. The number of hydrogen-bond acceptors (Lipinski definition) is 4. The molecule has 116 valence electrons. The summed E-state index contributed by atoms with van der Waals surface area (Å²) < 4.78 is 6.60. The summed E-state index contributed by atoms with van der Waals surface area (Å²) in [6, 6.07) is 6.06. The average Bonchev–Trinajstić information content (AvgIpc) is 2.45. The van der Waals surface area contributed by atoms with E-state index in [1.165, 1.54) is 0 Å². The van der Waals surface area contributed by atoms with E-state index < -0.39 is 0 Å². The van der Waals surface area contributed by atoms with Crippen LogP contribution in [-0.2, 0) is 9.53 Å². The van der Waals surface area contributed by atoms with E-state index in [4.69, 9.17) is 4.74 Å². The van der Waals surface area contributed by atoms with Gasteiger partial charge in [0, 0.05) is 22.5 Å². The van der Waals surface area contributed by atoms with Crippen LogP contribution in [0.5, 0.6) is 0 Å². The van der Waals surface area contributed by atoms with Crippen molar-refractivity contribution in [1.29, 1.82) is 0 Å². The Labute approximate surface area is 138 Å². The number of aliphatic hydroxyl groups excluding tert-OH is 1. The summed E-state index contributed by atoms with van der Waals surface area (Å²) in [5, 5.41) is 9.21. The SMILES string of the molecule is Cc1cc(Br)ccc1SCC(=O)N1CC(C)OC(CO)C1. The van der Waals surface area contributed by atoms with Crippen LogP contribution in [0.1, 0.15) is 12.5 Å². The molecule has 2 unspecified atom stereocenters. The van der Waals surface area contributed by atoms with E-state index in [1.54, 1.807) is 16.7 Å². The molecule has 0 aliphatic carbocycles. The molecule has 0 aromatic heterocycles. The number of thioether (sulfide) groups is 1. The first-order chi connectivity index (χ1) is 9.99. The number of hydrogen-bond donors (Lipinski definition) is 1. The lowest BCUT2D eigenvalue weighted by Gasteiger charge is -2.36. The molecular formula is C15H20BrNO3S. The first kappa shape index (κ1) is 16.8. The van der Waals surface area contributed by atoms with E-state index in [2.05, 4.69) is 15.9 Å². The fraction of sp³-hybridized carbons (Fsp3) is 0.533. The summed E-state index contributed by atoms with van der Waals surface area (Å²) in [5.41, 5.74) is 1.16. The van der Waals surface area contributed by atoms with Gasteiger partial charge in [0.1, 0.15) is 0 Å². The van der Waals surface area contributed by atoms with Gasteiger partial charge in [0.2, 0.25) is 5.91 Å². The maximum Gasteiger partial charge on any atom is 0.233 e. The summed E-state index contributed by atoms with van der Waals surface area (Å²) in [6.07, 6.45) is -0.295. The Bertz CT molecular complexity index is 512. The Hall–Kier alpha value is -0.560. The predicted octanol–water partition coefficient (Wildman–Crippen LogP) is 2.46. The standard InChI is InChI=1S/C15H20BrNO3S/c1-10-5-12(16)3-4-14(10)21-9-15(19)17-6-11(2)20-13(7-17)8-18/h3-5,11,13,18H,6-9H2,1-2H3. The molecule has 1 aromatic rings. The molecule has 21 heavy (non-hydrogen) atoms. The molecule has 2 atom stereocenters. The van der Waals surface area contributed by atoms with Crippen LogP contribution < -0.4 is 0 Å². The number of rotatable bonds is 4. The lowest BCUT2D eigenvalue weighted by atomic mass is 10.2. The largest absolute Gasteiger partial charge is 0.394 e. The highest BCUT2D eigenvalue weighted by Crippen LogP contribution is 2.26. The fourth-order valence-electron chi connectivity index (χ4n) is 2.36. The number of aryl methyl sites for hydroxylation is 1. The van der Waals surface area contributed by atoms with Crippen molar-refractivity contribution in [2.75, 3.05) is 25.4 Å². The van der Waals surface area contributed by atoms with E-state index in [-0.39, 0.29) is 24.7 Å². The van der Waals surface area contributed by atoms with Crippen LogP contribution in [0.2, 0.25) is 0 Å². The second-order valence-electron chi connectivity index (χ2n) is 5.25. The van der Waals surface area contributed by atoms with E-state index in [1.807, 2.05) is 32.0 Å². The molecule has 1 heterocycles. The minimum Gasteiger partial charge on any atom is -0.394 e. The van der Waals surface area contributed by atoms with Gasteiger partial charge in [0.05, 0.1) is 24.6 Å². The number of benzene rings is 1. The maximum absolute atomic E-state index is 12.3. The summed E-state index contributed by atoms with van der Waals surface area (Å²) in [5.74, 6) is 0.504. The van der Waals surface area contributed by atoms with Crippen molar-refractivity contribution in [3.8, 4) is 0 Å². The molecule has 0 radical (unpaired) electrons. The zero-order valence-corrected chi connectivity index (χ0v) is 14.6. The fourth-order valence-corrected chi connectivity index (χ4v) is 3.74. The highest BCUT2D eigenvalue weighted by Gasteiger charge is 2.27. The van der Waals surface area contributed by atoms with E-state index >= 15 is 0 Å². The van der Waals surface area contributed by atoms with Crippen LogP contribution in [0, 0.1) is 6.92 Å². The summed E-state index contributed by atoms with van der Waals surface area (Å²) in [4.78, 5) is 15.2. The molecule has 0 spiro atoms. The Balaban J connectivity index is 1.92. The first-order valence-electron chi connectivity index (χ1n) is 6.92. The number of halogens is 1. The van der Waals surface area contributed by atoms with Crippen molar-refractivity contribution in [2.24, 2.45) is 0 Å². The molecule has 1 amide bonds. The second kappa shape index (κ2) is 7.63. The highest BCUT2D eigenvalue weighted by atomic mass is 79.9. The van der Waals surface area contributed by atoms with Gasteiger partial charge >= 0.3 is 0 Å². The molecule has 6 heteroatoms. The van der Waals surface area contributed by atoms with Gasteiger partial charge in [0.25, 0.3) is 0 Å². The Kier molecular flexibility index (Phi) is 6.10. The predicted molar refractivity (Wildman–Crippen MR) is 87.6 cm³/mol. The Morgan fingerprint density at radius 3 is 2.95 bits per heavy atom. The van der Waals surface area contributed by atoms with Gasteiger partial charge in [-0.05, 0) is 37.6 Å². The number of aliphatic hydroxyl groups is 1. The molecular weight excluding hydrogens is 354 g/mol. The van der Waals surface area contributed by atoms with Crippen LogP contribution in [0.3, 0.4) is 0 Å². The van der Waals surface area contributed by atoms with Crippen molar-refractivity contribution < 1.29 is 14.6 Å². The lowest BCUT2D eigenvalue weighted by molar-refractivity contribution is -0.144. The van der Waals surface area contributed by atoms with Gasteiger partial charge in [0.15, 0.2) is 0 Å². The van der Waals surface area contributed by atoms with Crippen LogP contribution in [0.25, 0.3) is 0 Å². The molecule has 2 rings (SSSR count). The van der Waals surface area contributed by atoms with Gasteiger partial charge in [-0.25, -0.2) is 0 Å². The molecule has 0 saturated carbocycles. The quantitative estimate of drug-likeness (QED) is 0.823. The summed E-state index contributed by atoms with van der Waals surface area (Å²) in [6.45, 7) is 4.98. The summed E-state index contributed by atoms with van der Waals surface area (Å²) >= 11 is 4.99. The topological polar surface area (TPSA) is 49.8 Å². The molecule has 1 aliphatic rings. The number of nitrogens with zero attached hydrogens (tertiary/aromatic N) is 1. The second-order valence-corrected chi connectivity index (χ2v) is 7.18. The van der Waals surface area contributed by atoms with Gasteiger partial charge < -0.3 is 14.7 Å². The third kappa shape index (κ3) is 4.71. The number of ether oxygens (including phenoxy) is 1. The monoisotopic (exact) mass is 373 g/mol. The maximum atomic E-state index is 12.3. The zero-order valence-electron chi connectivity index (χ0n) is 12.2. The van der Waals surface area contributed by atoms with Crippen LogP contribution in [0.4, 0.5) is 0 Å². The van der Waals surface area contributed by atoms with Crippen LogP contribution >= 0.6 is 27.7 Å². The van der Waals surface area contributed by atoms with Gasteiger partial charge in [-0.3, -0.25) is 4.79 Å². The van der Waals surface area contributed by atoms with Gasteiger partial charge in [-0.15, -0.1) is 11.8 Å². The molecule has 1 aliphatic heterocycles. The molecule has 1 aromatic carbocycles. The molecule has 0 bridgehead atoms. The summed E-state index contributed by atoms with van der Waals surface area (Å²) in [7, 11) is 0. The van der Waals surface area contributed by atoms with E-state index in [9.17, 15) is 9.90 Å². The third-order valence-electron chi connectivity index (χ3n) is 3.37. The molecule has 1 saturated heterocycles. The molecule has 4 nitrogen and oxygen atoms in total. The number of carbonyl (C=O) groups is 1. The van der Waals surface area contributed by atoms with Crippen LogP contribution in [0.15, 0.2) is 27.6 Å². The Morgan fingerprint density at radius 2 is 2.29 bits per heavy atom. The van der Waals surface area contributed by atoms with E-state index in [0.29, 0.717) is 18.8 Å². The minimum atomic E-state index is -0.267. The van der Waals surface area contributed by atoms with Gasteiger partial charge in [-0.1, -0.05) is 15.9 Å².